The van der Waals surface area contributed by atoms with Gasteiger partial charge in [0.15, 0.2) is 0 Å². The van der Waals surface area contributed by atoms with E-state index in [4.69, 9.17) is 0 Å². The van der Waals surface area contributed by atoms with E-state index in [2.05, 4.69) is 16.7 Å². The van der Waals surface area contributed by atoms with Crippen LogP contribution in [0, 0.1) is 13.8 Å². The van der Waals surface area contributed by atoms with Gasteiger partial charge in [-0.05, 0) is 43.9 Å². The second kappa shape index (κ2) is 7.44. The van der Waals surface area contributed by atoms with Gasteiger partial charge in [0.05, 0.1) is 0 Å². The van der Waals surface area contributed by atoms with Gasteiger partial charge in [-0.25, -0.2) is 0 Å². The van der Waals surface area contributed by atoms with E-state index in [1.54, 1.807) is 0 Å². The minimum atomic E-state index is 0.0991. The lowest BCUT2D eigenvalue weighted by molar-refractivity contribution is -0.116. The molecule has 3 nitrogen and oxygen atoms in total. The summed E-state index contributed by atoms with van der Waals surface area (Å²) in [5, 5.41) is 6.51. The summed E-state index contributed by atoms with van der Waals surface area (Å²) in [7, 11) is 0. The van der Waals surface area contributed by atoms with Crippen LogP contribution in [0.1, 0.15) is 49.7 Å². The summed E-state index contributed by atoms with van der Waals surface area (Å²) in [5.41, 5.74) is 3.23. The molecular formula is C17H26N2O. The minimum Gasteiger partial charge on any atom is -0.326 e. The zero-order valence-electron chi connectivity index (χ0n) is 12.7. The molecule has 110 valence electrons. The van der Waals surface area contributed by atoms with Crippen molar-refractivity contribution in [1.29, 1.82) is 0 Å². The van der Waals surface area contributed by atoms with Crippen molar-refractivity contribution >= 4 is 11.6 Å². The minimum absolute atomic E-state index is 0.0991. The number of anilines is 1. The quantitative estimate of drug-likeness (QED) is 0.862. The van der Waals surface area contributed by atoms with Crippen LogP contribution in [0.25, 0.3) is 0 Å². The average molecular weight is 274 g/mol. The lowest BCUT2D eigenvalue weighted by atomic mass is 9.95. The summed E-state index contributed by atoms with van der Waals surface area (Å²) in [4.78, 5) is 12.0. The molecule has 1 aliphatic carbocycles. The number of aryl methyl sites for hydroxylation is 2. The molecule has 2 N–H and O–H groups in total. The number of amides is 1. The van der Waals surface area contributed by atoms with Crippen LogP contribution in [0.15, 0.2) is 18.2 Å². The summed E-state index contributed by atoms with van der Waals surface area (Å²) < 4.78 is 0. The third-order valence-corrected chi connectivity index (χ3v) is 4.06. The van der Waals surface area contributed by atoms with Gasteiger partial charge in [0, 0.05) is 24.7 Å². The Kier molecular flexibility index (Phi) is 5.60. The molecule has 3 heteroatoms. The highest BCUT2D eigenvalue weighted by molar-refractivity contribution is 5.91. The molecule has 0 aromatic heterocycles. The summed E-state index contributed by atoms with van der Waals surface area (Å²) in [6.07, 6.45) is 7.09. The second-order valence-corrected chi connectivity index (χ2v) is 5.91. The van der Waals surface area contributed by atoms with Crippen molar-refractivity contribution in [3.63, 3.8) is 0 Å². The van der Waals surface area contributed by atoms with Gasteiger partial charge in [-0.15, -0.1) is 0 Å². The van der Waals surface area contributed by atoms with Crippen molar-refractivity contribution < 1.29 is 4.79 Å². The Labute approximate surface area is 122 Å². The molecule has 1 aromatic carbocycles. The van der Waals surface area contributed by atoms with Crippen LogP contribution in [0.3, 0.4) is 0 Å². The largest absolute Gasteiger partial charge is 0.326 e. The fourth-order valence-electron chi connectivity index (χ4n) is 2.78. The van der Waals surface area contributed by atoms with Gasteiger partial charge in [0.1, 0.15) is 0 Å². The number of benzene rings is 1. The van der Waals surface area contributed by atoms with Gasteiger partial charge in [0.2, 0.25) is 5.91 Å². The number of hydrogen-bond donors (Lipinski definition) is 2. The first kappa shape index (κ1) is 15.0. The van der Waals surface area contributed by atoms with Crippen LogP contribution in [0.4, 0.5) is 5.69 Å². The van der Waals surface area contributed by atoms with Gasteiger partial charge in [0.25, 0.3) is 0 Å². The Morgan fingerprint density at radius 1 is 1.20 bits per heavy atom. The van der Waals surface area contributed by atoms with Gasteiger partial charge >= 0.3 is 0 Å². The van der Waals surface area contributed by atoms with E-state index in [9.17, 15) is 4.79 Å². The predicted molar refractivity (Wildman–Crippen MR) is 84.0 cm³/mol. The predicted octanol–water partition coefficient (Wildman–Crippen LogP) is 3.55. The molecule has 1 saturated carbocycles. The molecular weight excluding hydrogens is 248 g/mol. The van der Waals surface area contributed by atoms with E-state index in [1.165, 1.54) is 37.7 Å². The summed E-state index contributed by atoms with van der Waals surface area (Å²) >= 11 is 0. The third-order valence-electron chi connectivity index (χ3n) is 4.06. The molecule has 0 unspecified atom stereocenters. The lowest BCUT2D eigenvalue weighted by Crippen LogP contribution is -2.33. The molecule has 1 amide bonds. The number of carbonyl (C=O) groups excluding carboxylic acids is 1. The molecule has 0 spiro atoms. The van der Waals surface area contributed by atoms with Gasteiger partial charge in [-0.1, -0.05) is 31.4 Å². The lowest BCUT2D eigenvalue weighted by Gasteiger charge is -2.22. The van der Waals surface area contributed by atoms with Crippen LogP contribution in [0.2, 0.25) is 0 Å². The fraction of sp³-hybridized carbons (Fsp3) is 0.588. The van der Waals surface area contributed by atoms with Crippen LogP contribution in [-0.2, 0) is 4.79 Å². The van der Waals surface area contributed by atoms with Crippen LogP contribution < -0.4 is 10.6 Å². The van der Waals surface area contributed by atoms with Crippen molar-refractivity contribution in [3.8, 4) is 0 Å². The Morgan fingerprint density at radius 3 is 2.70 bits per heavy atom. The van der Waals surface area contributed by atoms with E-state index >= 15 is 0 Å². The SMILES string of the molecule is Cc1ccc(C)c(NC(=O)CCNC2CCCCC2)c1. The summed E-state index contributed by atoms with van der Waals surface area (Å²) in [5.74, 6) is 0.0991. The van der Waals surface area contributed by atoms with E-state index < -0.39 is 0 Å². The van der Waals surface area contributed by atoms with Gasteiger partial charge in [-0.2, -0.15) is 0 Å². The summed E-state index contributed by atoms with van der Waals surface area (Å²) in [6, 6.07) is 6.76. The highest BCUT2D eigenvalue weighted by Gasteiger charge is 2.13. The molecule has 1 aliphatic rings. The van der Waals surface area contributed by atoms with E-state index in [1.807, 2.05) is 26.0 Å². The Balaban J connectivity index is 1.73. The number of nitrogens with one attached hydrogen (secondary N) is 2. The van der Waals surface area contributed by atoms with Gasteiger partial charge in [-0.3, -0.25) is 4.79 Å². The molecule has 1 fully saturated rings. The highest BCUT2D eigenvalue weighted by atomic mass is 16.1. The van der Waals surface area contributed by atoms with Crippen molar-refractivity contribution in [2.24, 2.45) is 0 Å². The number of hydrogen-bond acceptors (Lipinski definition) is 2. The average Bonchev–Trinajstić information content (AvgIpc) is 2.44. The first-order valence-electron chi connectivity index (χ1n) is 7.75. The van der Waals surface area contributed by atoms with E-state index in [0.29, 0.717) is 12.5 Å². The topological polar surface area (TPSA) is 41.1 Å². The maximum Gasteiger partial charge on any atom is 0.225 e. The van der Waals surface area contributed by atoms with Gasteiger partial charge < -0.3 is 10.6 Å². The molecule has 0 heterocycles. The molecule has 1 aromatic rings. The maximum atomic E-state index is 12.0. The molecule has 0 aliphatic heterocycles. The maximum absolute atomic E-state index is 12.0. The second-order valence-electron chi connectivity index (χ2n) is 5.91. The zero-order valence-corrected chi connectivity index (χ0v) is 12.7. The standard InChI is InChI=1S/C17H26N2O/c1-13-8-9-14(2)16(12-13)19-17(20)10-11-18-15-6-4-3-5-7-15/h8-9,12,15,18H,3-7,10-11H2,1-2H3,(H,19,20). The van der Waals surface area contributed by atoms with E-state index in [0.717, 1.165) is 17.8 Å². The monoisotopic (exact) mass is 274 g/mol. The smallest absolute Gasteiger partial charge is 0.225 e. The summed E-state index contributed by atoms with van der Waals surface area (Å²) in [6.45, 7) is 4.84. The molecule has 0 saturated heterocycles. The van der Waals surface area contributed by atoms with Crippen molar-refractivity contribution in [2.75, 3.05) is 11.9 Å². The fourth-order valence-corrected chi connectivity index (χ4v) is 2.78. The molecule has 0 atom stereocenters. The Bertz CT molecular complexity index is 450. The highest BCUT2D eigenvalue weighted by Crippen LogP contribution is 2.18. The van der Waals surface area contributed by atoms with Crippen molar-refractivity contribution in [2.45, 2.75) is 58.4 Å². The van der Waals surface area contributed by atoms with Crippen LogP contribution >= 0.6 is 0 Å². The Hall–Kier alpha value is -1.35. The van der Waals surface area contributed by atoms with Crippen LogP contribution in [0.5, 0.6) is 0 Å². The molecule has 2 rings (SSSR count). The normalized spacial score (nSPS) is 16.1. The Morgan fingerprint density at radius 2 is 1.95 bits per heavy atom. The molecule has 20 heavy (non-hydrogen) atoms. The molecule has 0 bridgehead atoms. The first-order valence-corrected chi connectivity index (χ1v) is 7.75. The first-order chi connectivity index (χ1) is 9.65. The third kappa shape index (κ3) is 4.64. The number of rotatable bonds is 5. The molecule has 0 radical (unpaired) electrons. The van der Waals surface area contributed by atoms with E-state index in [-0.39, 0.29) is 5.91 Å². The number of carbonyl (C=O) groups is 1. The zero-order chi connectivity index (χ0) is 14.4. The van der Waals surface area contributed by atoms with Crippen molar-refractivity contribution in [3.05, 3.63) is 29.3 Å². The van der Waals surface area contributed by atoms with Crippen LogP contribution in [-0.4, -0.2) is 18.5 Å². The van der Waals surface area contributed by atoms with Crippen molar-refractivity contribution in [1.82, 2.24) is 5.32 Å².